The summed E-state index contributed by atoms with van der Waals surface area (Å²) in [6.45, 7) is 0. The zero-order chi connectivity index (χ0) is 17.4. The first-order valence-corrected chi connectivity index (χ1v) is 9.27. The average Bonchev–Trinajstić information content (AvgIpc) is 3.38. The molecule has 0 radical (unpaired) electrons. The van der Waals surface area contributed by atoms with E-state index in [0.717, 1.165) is 24.1 Å². The number of carbonyl (C=O) groups excluding carboxylic acids is 2. The highest BCUT2D eigenvalue weighted by Crippen LogP contribution is 2.42. The van der Waals surface area contributed by atoms with E-state index < -0.39 is 0 Å². The standard InChI is InChI=1S/C19H17FN2O2S/c20-14-2-1-3-16(10-14)22-17(23)11-25-19(22)13-6-8-15(9-7-13)21-18(24)12-4-5-12/h1-3,6-10,12,19H,4-5,11H2,(H,21,24)/t19-/m0/s1. The van der Waals surface area contributed by atoms with Crippen molar-refractivity contribution in [3.63, 3.8) is 0 Å². The highest BCUT2D eigenvalue weighted by Gasteiger charge is 2.34. The molecule has 2 aromatic carbocycles. The molecule has 4 nitrogen and oxygen atoms in total. The lowest BCUT2D eigenvalue weighted by Gasteiger charge is -2.24. The van der Waals surface area contributed by atoms with Gasteiger partial charge in [0.2, 0.25) is 11.8 Å². The van der Waals surface area contributed by atoms with Crippen LogP contribution in [0.1, 0.15) is 23.8 Å². The number of carbonyl (C=O) groups is 2. The highest BCUT2D eigenvalue weighted by molar-refractivity contribution is 8.00. The maximum atomic E-state index is 13.5. The summed E-state index contributed by atoms with van der Waals surface area (Å²) in [5.74, 6) is 0.193. The Kier molecular flexibility index (Phi) is 4.21. The maximum Gasteiger partial charge on any atom is 0.238 e. The zero-order valence-electron chi connectivity index (χ0n) is 13.4. The number of thioether (sulfide) groups is 1. The summed E-state index contributed by atoms with van der Waals surface area (Å²) in [6.07, 6.45) is 1.93. The molecule has 1 aliphatic carbocycles. The number of anilines is 2. The van der Waals surface area contributed by atoms with E-state index in [1.807, 2.05) is 24.3 Å². The predicted molar refractivity (Wildman–Crippen MR) is 96.9 cm³/mol. The van der Waals surface area contributed by atoms with Crippen LogP contribution in [-0.4, -0.2) is 17.6 Å². The summed E-state index contributed by atoms with van der Waals surface area (Å²) < 4.78 is 13.5. The van der Waals surface area contributed by atoms with Gasteiger partial charge >= 0.3 is 0 Å². The van der Waals surface area contributed by atoms with Crippen LogP contribution in [0.2, 0.25) is 0 Å². The molecule has 25 heavy (non-hydrogen) atoms. The van der Waals surface area contributed by atoms with Crippen LogP contribution in [0.4, 0.5) is 15.8 Å². The van der Waals surface area contributed by atoms with Crippen LogP contribution in [-0.2, 0) is 9.59 Å². The van der Waals surface area contributed by atoms with Gasteiger partial charge in [0.05, 0.1) is 5.75 Å². The van der Waals surface area contributed by atoms with Crippen molar-refractivity contribution in [2.24, 2.45) is 5.92 Å². The average molecular weight is 356 g/mol. The molecule has 1 atom stereocenters. The van der Waals surface area contributed by atoms with E-state index in [2.05, 4.69) is 5.32 Å². The van der Waals surface area contributed by atoms with Crippen LogP contribution in [0, 0.1) is 11.7 Å². The third-order valence-corrected chi connectivity index (χ3v) is 5.58. The van der Waals surface area contributed by atoms with Gasteiger partial charge in [0.25, 0.3) is 0 Å². The van der Waals surface area contributed by atoms with Crippen LogP contribution < -0.4 is 10.2 Å². The number of nitrogens with zero attached hydrogens (tertiary/aromatic N) is 1. The Balaban J connectivity index is 1.55. The molecular formula is C19H17FN2O2S. The summed E-state index contributed by atoms with van der Waals surface area (Å²) >= 11 is 1.51. The monoisotopic (exact) mass is 356 g/mol. The van der Waals surface area contributed by atoms with Crippen molar-refractivity contribution < 1.29 is 14.0 Å². The predicted octanol–water partition coefficient (Wildman–Crippen LogP) is 3.95. The Hall–Kier alpha value is -2.34. The fourth-order valence-electron chi connectivity index (χ4n) is 2.90. The topological polar surface area (TPSA) is 49.4 Å². The molecular weight excluding hydrogens is 339 g/mol. The van der Waals surface area contributed by atoms with Crippen LogP contribution in [0.25, 0.3) is 0 Å². The highest BCUT2D eigenvalue weighted by atomic mass is 32.2. The Morgan fingerprint density at radius 1 is 1.16 bits per heavy atom. The molecule has 0 unspecified atom stereocenters. The smallest absolute Gasteiger partial charge is 0.238 e. The number of amides is 2. The second kappa shape index (κ2) is 6.52. The molecule has 0 spiro atoms. The maximum absolute atomic E-state index is 13.5. The van der Waals surface area contributed by atoms with E-state index in [-0.39, 0.29) is 28.9 Å². The fraction of sp³-hybridized carbons (Fsp3) is 0.263. The lowest BCUT2D eigenvalue weighted by Crippen LogP contribution is -2.27. The Morgan fingerprint density at radius 2 is 1.92 bits per heavy atom. The molecule has 2 aromatic rings. The normalized spacial score (nSPS) is 20.0. The summed E-state index contributed by atoms with van der Waals surface area (Å²) in [7, 11) is 0. The minimum Gasteiger partial charge on any atom is -0.326 e. The number of hydrogen-bond donors (Lipinski definition) is 1. The number of halogens is 1. The first kappa shape index (κ1) is 16.1. The third kappa shape index (κ3) is 3.39. The molecule has 128 valence electrons. The minimum absolute atomic E-state index is 0.0355. The molecule has 1 saturated heterocycles. The molecule has 0 aromatic heterocycles. The van der Waals surface area contributed by atoms with E-state index in [4.69, 9.17) is 0 Å². The van der Waals surface area contributed by atoms with Gasteiger partial charge in [-0.05, 0) is 48.7 Å². The molecule has 0 bridgehead atoms. The molecule has 1 saturated carbocycles. The molecule has 1 heterocycles. The van der Waals surface area contributed by atoms with Crippen LogP contribution in [0.5, 0.6) is 0 Å². The SMILES string of the molecule is O=C(Nc1ccc([C@@H]2SCC(=O)N2c2cccc(F)c2)cc1)C1CC1. The van der Waals surface area contributed by atoms with E-state index in [1.54, 1.807) is 17.0 Å². The lowest BCUT2D eigenvalue weighted by atomic mass is 10.1. The molecule has 2 aliphatic rings. The van der Waals surface area contributed by atoms with Crippen LogP contribution >= 0.6 is 11.8 Å². The van der Waals surface area contributed by atoms with Crippen molar-refractivity contribution in [3.05, 3.63) is 59.9 Å². The zero-order valence-corrected chi connectivity index (χ0v) is 14.3. The summed E-state index contributed by atoms with van der Waals surface area (Å²) in [5.41, 5.74) is 2.27. The van der Waals surface area contributed by atoms with Gasteiger partial charge in [-0.2, -0.15) is 0 Å². The second-order valence-corrected chi connectivity index (χ2v) is 7.36. The lowest BCUT2D eigenvalue weighted by molar-refractivity contribution is -0.117. The molecule has 1 N–H and O–H groups in total. The molecule has 2 fully saturated rings. The van der Waals surface area contributed by atoms with Crippen molar-refractivity contribution in [1.29, 1.82) is 0 Å². The van der Waals surface area contributed by atoms with Gasteiger partial charge in [-0.15, -0.1) is 11.8 Å². The van der Waals surface area contributed by atoms with Gasteiger partial charge in [-0.3, -0.25) is 14.5 Å². The van der Waals surface area contributed by atoms with Crippen molar-refractivity contribution >= 4 is 35.0 Å². The number of benzene rings is 2. The first-order chi connectivity index (χ1) is 12.1. The van der Waals surface area contributed by atoms with Gasteiger partial charge in [-0.25, -0.2) is 4.39 Å². The van der Waals surface area contributed by atoms with Crippen molar-refractivity contribution in [2.45, 2.75) is 18.2 Å². The van der Waals surface area contributed by atoms with Gasteiger partial charge in [0.1, 0.15) is 11.2 Å². The fourth-order valence-corrected chi connectivity index (χ4v) is 4.07. The summed E-state index contributed by atoms with van der Waals surface area (Å²) in [6, 6.07) is 13.6. The number of rotatable bonds is 4. The third-order valence-electron chi connectivity index (χ3n) is 4.37. The van der Waals surface area contributed by atoms with E-state index in [9.17, 15) is 14.0 Å². The van der Waals surface area contributed by atoms with Gasteiger partial charge in [0, 0.05) is 17.3 Å². The van der Waals surface area contributed by atoms with E-state index in [0.29, 0.717) is 11.4 Å². The van der Waals surface area contributed by atoms with Gasteiger partial charge < -0.3 is 5.32 Å². The van der Waals surface area contributed by atoms with Crippen LogP contribution in [0.15, 0.2) is 48.5 Å². The Bertz CT molecular complexity index is 820. The quantitative estimate of drug-likeness (QED) is 0.902. The van der Waals surface area contributed by atoms with Crippen molar-refractivity contribution in [3.8, 4) is 0 Å². The molecule has 6 heteroatoms. The van der Waals surface area contributed by atoms with Crippen LogP contribution in [0.3, 0.4) is 0 Å². The van der Waals surface area contributed by atoms with Crippen molar-refractivity contribution in [2.75, 3.05) is 16.0 Å². The number of hydrogen-bond acceptors (Lipinski definition) is 3. The number of nitrogens with one attached hydrogen (secondary N) is 1. The minimum atomic E-state index is -0.362. The first-order valence-electron chi connectivity index (χ1n) is 8.22. The Labute approximate surface area is 149 Å². The molecule has 4 rings (SSSR count). The summed E-state index contributed by atoms with van der Waals surface area (Å²) in [5, 5.41) is 2.71. The summed E-state index contributed by atoms with van der Waals surface area (Å²) in [4.78, 5) is 25.7. The molecule has 2 amide bonds. The second-order valence-electron chi connectivity index (χ2n) is 6.29. The van der Waals surface area contributed by atoms with Crippen molar-refractivity contribution in [1.82, 2.24) is 0 Å². The van der Waals surface area contributed by atoms with E-state index in [1.165, 1.54) is 23.9 Å². The Morgan fingerprint density at radius 3 is 2.60 bits per heavy atom. The van der Waals surface area contributed by atoms with Gasteiger partial charge in [0.15, 0.2) is 0 Å². The molecule has 1 aliphatic heterocycles. The van der Waals surface area contributed by atoms with Gasteiger partial charge in [-0.1, -0.05) is 18.2 Å². The van der Waals surface area contributed by atoms with E-state index >= 15 is 0 Å². The largest absolute Gasteiger partial charge is 0.326 e.